The number of esters is 1. The molecule has 2 rings (SSSR count). The van der Waals surface area contributed by atoms with Crippen LogP contribution in [0.4, 0.5) is 13.2 Å². The zero-order valence-corrected chi connectivity index (χ0v) is 15.0. The number of hydrogen-bond acceptors (Lipinski definition) is 5. The topological polar surface area (TPSA) is 61.8 Å². The average molecular weight is 394 g/mol. The summed E-state index contributed by atoms with van der Waals surface area (Å²) in [6.07, 6.45) is 1.29. The fourth-order valence-corrected chi connectivity index (χ4v) is 2.25. The van der Waals surface area contributed by atoms with Crippen molar-refractivity contribution in [2.45, 2.75) is 19.6 Å². The number of benzene rings is 2. The molecule has 148 valence electrons. The zero-order valence-electron chi connectivity index (χ0n) is 15.0. The Labute approximate surface area is 159 Å². The van der Waals surface area contributed by atoms with Gasteiger partial charge in [-0.2, -0.15) is 8.78 Å². The molecule has 0 spiro atoms. The van der Waals surface area contributed by atoms with Crippen molar-refractivity contribution in [1.82, 2.24) is 0 Å². The molecule has 2 aromatic rings. The Balaban J connectivity index is 1.95. The van der Waals surface area contributed by atoms with E-state index in [9.17, 15) is 22.8 Å². The molecule has 5 nitrogen and oxygen atoms in total. The summed E-state index contributed by atoms with van der Waals surface area (Å²) in [6, 6.07) is 9.15. The van der Waals surface area contributed by atoms with E-state index in [1.54, 1.807) is 6.07 Å². The number of methoxy groups -OCH3 is 1. The lowest BCUT2D eigenvalue weighted by atomic mass is 10.1. The summed E-state index contributed by atoms with van der Waals surface area (Å²) in [5.41, 5.74) is 0.576. The number of hydrogen-bond donors (Lipinski definition) is 0. The van der Waals surface area contributed by atoms with E-state index in [-0.39, 0.29) is 17.1 Å². The maximum absolute atomic E-state index is 13.6. The molecule has 2 aromatic carbocycles. The highest BCUT2D eigenvalue weighted by atomic mass is 19.3. The minimum absolute atomic E-state index is 0.0731. The number of rotatable bonds is 8. The highest BCUT2D eigenvalue weighted by Crippen LogP contribution is 2.19. The summed E-state index contributed by atoms with van der Waals surface area (Å²) in [5.74, 6) is -1.91. The minimum atomic E-state index is -2.97. The van der Waals surface area contributed by atoms with Gasteiger partial charge in [0.25, 0.3) is 0 Å². The number of halogens is 3. The molecule has 0 aliphatic rings. The van der Waals surface area contributed by atoms with E-state index in [0.29, 0.717) is 5.56 Å². The van der Waals surface area contributed by atoms with Crippen LogP contribution in [-0.4, -0.2) is 31.6 Å². The van der Waals surface area contributed by atoms with E-state index < -0.39 is 30.3 Å². The van der Waals surface area contributed by atoms with Crippen molar-refractivity contribution in [2.75, 3.05) is 7.11 Å². The molecule has 0 saturated carbocycles. The normalized spacial score (nSPS) is 12.1. The van der Waals surface area contributed by atoms with Gasteiger partial charge >= 0.3 is 12.6 Å². The summed E-state index contributed by atoms with van der Waals surface area (Å²) in [5, 5.41) is 0. The molecule has 0 saturated heterocycles. The van der Waals surface area contributed by atoms with Gasteiger partial charge in [-0.15, -0.1) is 0 Å². The number of Topliss-reactive ketones (excluding diaryl/α,β-unsaturated/α-hetero) is 1. The predicted molar refractivity (Wildman–Crippen MR) is 94.9 cm³/mol. The lowest BCUT2D eigenvalue weighted by molar-refractivity contribution is -0.140. The summed E-state index contributed by atoms with van der Waals surface area (Å²) in [6.45, 7) is -1.59. The molecular formula is C20H17F3O5. The molecule has 0 amide bonds. The van der Waals surface area contributed by atoms with Gasteiger partial charge in [-0.05, 0) is 55.0 Å². The lowest BCUT2D eigenvalue weighted by Crippen LogP contribution is -2.23. The molecular weight excluding hydrogens is 377 g/mol. The van der Waals surface area contributed by atoms with Gasteiger partial charge in [0.15, 0.2) is 17.7 Å². The van der Waals surface area contributed by atoms with Crippen LogP contribution < -0.4 is 9.47 Å². The van der Waals surface area contributed by atoms with Gasteiger partial charge in [0.2, 0.25) is 5.78 Å². The third kappa shape index (κ3) is 5.87. The molecule has 0 heterocycles. The first-order valence-electron chi connectivity index (χ1n) is 8.11. The third-order valence-corrected chi connectivity index (χ3v) is 3.61. The lowest BCUT2D eigenvalue weighted by Gasteiger charge is -2.11. The van der Waals surface area contributed by atoms with Crippen LogP contribution in [0.25, 0.3) is 6.08 Å². The number of alkyl halides is 2. The molecule has 8 heteroatoms. The second-order valence-electron chi connectivity index (χ2n) is 5.57. The van der Waals surface area contributed by atoms with E-state index in [0.717, 1.165) is 6.08 Å². The third-order valence-electron chi connectivity index (χ3n) is 3.61. The number of ether oxygens (including phenoxy) is 3. The first-order valence-corrected chi connectivity index (χ1v) is 8.11. The smallest absolute Gasteiger partial charge is 0.387 e. The zero-order chi connectivity index (χ0) is 20.7. The SMILES string of the molecule is COc1ccc(/C=C/C(=O)O[C@@H](C)C(=O)c2ccc(OC(F)F)cc2)cc1F. The Morgan fingerprint density at radius 3 is 2.32 bits per heavy atom. The van der Waals surface area contributed by atoms with E-state index in [1.807, 2.05) is 0 Å². The van der Waals surface area contributed by atoms with Crippen molar-refractivity contribution < 1.29 is 37.0 Å². The van der Waals surface area contributed by atoms with Gasteiger partial charge in [-0.25, -0.2) is 9.18 Å². The summed E-state index contributed by atoms with van der Waals surface area (Å²) in [4.78, 5) is 24.1. The summed E-state index contributed by atoms with van der Waals surface area (Å²) < 4.78 is 51.9. The maximum Gasteiger partial charge on any atom is 0.387 e. The Bertz CT molecular complexity index is 863. The molecule has 28 heavy (non-hydrogen) atoms. The minimum Gasteiger partial charge on any atom is -0.494 e. The Morgan fingerprint density at radius 2 is 1.75 bits per heavy atom. The van der Waals surface area contributed by atoms with Gasteiger partial charge in [0, 0.05) is 11.6 Å². The fraction of sp³-hybridized carbons (Fsp3) is 0.200. The van der Waals surface area contributed by atoms with E-state index >= 15 is 0 Å². The van der Waals surface area contributed by atoms with Crippen LogP contribution >= 0.6 is 0 Å². The van der Waals surface area contributed by atoms with Crippen molar-refractivity contribution in [3.05, 3.63) is 65.5 Å². The van der Waals surface area contributed by atoms with E-state index in [1.165, 1.54) is 56.5 Å². The molecule has 0 aromatic heterocycles. The molecule has 0 fully saturated rings. The van der Waals surface area contributed by atoms with Crippen molar-refractivity contribution >= 4 is 17.8 Å². The molecule has 0 unspecified atom stereocenters. The fourth-order valence-electron chi connectivity index (χ4n) is 2.25. The summed E-state index contributed by atoms with van der Waals surface area (Å²) in [7, 11) is 1.34. The molecule has 0 aliphatic heterocycles. The highest BCUT2D eigenvalue weighted by molar-refractivity contribution is 6.01. The van der Waals surface area contributed by atoms with E-state index in [4.69, 9.17) is 9.47 Å². The standard InChI is InChI=1S/C20H17F3O5/c1-12(19(25)14-5-7-15(8-6-14)28-20(22)23)27-18(24)10-4-13-3-9-17(26-2)16(21)11-13/h3-12,20H,1-2H3/b10-4+/t12-/m0/s1. The largest absolute Gasteiger partial charge is 0.494 e. The van der Waals surface area contributed by atoms with Crippen molar-refractivity contribution in [3.8, 4) is 11.5 Å². The Hall–Kier alpha value is -3.29. The quantitative estimate of drug-likeness (QED) is 0.380. The van der Waals surface area contributed by atoms with Gasteiger partial charge in [0.05, 0.1) is 7.11 Å². The van der Waals surface area contributed by atoms with Gasteiger partial charge in [0.1, 0.15) is 5.75 Å². The number of carbonyl (C=O) groups excluding carboxylic acids is 2. The molecule has 0 radical (unpaired) electrons. The van der Waals surface area contributed by atoms with Crippen molar-refractivity contribution in [3.63, 3.8) is 0 Å². The second-order valence-corrected chi connectivity index (χ2v) is 5.57. The van der Waals surface area contributed by atoms with Gasteiger partial charge in [-0.1, -0.05) is 6.07 Å². The second kappa shape index (κ2) is 9.59. The first kappa shape index (κ1) is 21.0. The van der Waals surface area contributed by atoms with Crippen LogP contribution in [0.3, 0.4) is 0 Å². The van der Waals surface area contributed by atoms with Gasteiger partial charge in [-0.3, -0.25) is 4.79 Å². The number of ketones is 1. The molecule has 1 atom stereocenters. The Kier molecular flexibility index (Phi) is 7.20. The van der Waals surface area contributed by atoms with Crippen LogP contribution in [0.5, 0.6) is 11.5 Å². The van der Waals surface area contributed by atoms with Crippen molar-refractivity contribution in [1.29, 1.82) is 0 Å². The molecule has 0 aliphatic carbocycles. The predicted octanol–water partition coefficient (Wildman–Crippen LogP) is 4.26. The van der Waals surface area contributed by atoms with E-state index in [2.05, 4.69) is 4.74 Å². The first-order chi connectivity index (χ1) is 13.3. The molecule has 0 N–H and O–H groups in total. The van der Waals surface area contributed by atoms with Crippen LogP contribution in [0.2, 0.25) is 0 Å². The highest BCUT2D eigenvalue weighted by Gasteiger charge is 2.19. The average Bonchev–Trinajstić information content (AvgIpc) is 2.66. The summed E-state index contributed by atoms with van der Waals surface area (Å²) >= 11 is 0. The van der Waals surface area contributed by atoms with Crippen LogP contribution in [0.1, 0.15) is 22.8 Å². The maximum atomic E-state index is 13.6. The number of carbonyl (C=O) groups is 2. The van der Waals surface area contributed by atoms with Crippen LogP contribution in [0.15, 0.2) is 48.5 Å². The van der Waals surface area contributed by atoms with Crippen molar-refractivity contribution in [2.24, 2.45) is 0 Å². The van der Waals surface area contributed by atoms with Crippen LogP contribution in [0, 0.1) is 5.82 Å². The molecule has 0 bridgehead atoms. The monoisotopic (exact) mass is 394 g/mol. The van der Waals surface area contributed by atoms with Gasteiger partial charge < -0.3 is 14.2 Å². The Morgan fingerprint density at radius 1 is 1.07 bits per heavy atom. The van der Waals surface area contributed by atoms with Crippen LogP contribution in [-0.2, 0) is 9.53 Å².